The zero-order valence-corrected chi connectivity index (χ0v) is 42.5. The topological polar surface area (TPSA) is 145 Å². The molecule has 0 heterocycles. The molecule has 65 heavy (non-hydrogen) atoms. The van der Waals surface area contributed by atoms with Gasteiger partial charge in [0.15, 0.2) is 46.4 Å². The summed E-state index contributed by atoms with van der Waals surface area (Å²) >= 11 is 0. The molecule has 2 aliphatic rings. The summed E-state index contributed by atoms with van der Waals surface area (Å²) in [5, 5.41) is 0. The van der Waals surface area contributed by atoms with Crippen LogP contribution in [-0.2, 0) is 66.4 Å². The van der Waals surface area contributed by atoms with Crippen LogP contribution in [0.15, 0.2) is 70.4 Å². The lowest BCUT2D eigenvalue weighted by Gasteiger charge is -2.61. The van der Waals surface area contributed by atoms with Crippen LogP contribution in [0.3, 0.4) is 0 Å². The van der Waals surface area contributed by atoms with Crippen molar-refractivity contribution < 1.29 is 66.4 Å². The summed E-state index contributed by atoms with van der Waals surface area (Å²) in [6.07, 6.45) is 2.39. The van der Waals surface area contributed by atoms with Gasteiger partial charge >= 0.3 is 11.9 Å². The van der Waals surface area contributed by atoms with E-state index in [2.05, 4.69) is 13.2 Å². The van der Waals surface area contributed by atoms with Crippen LogP contribution in [0.5, 0.6) is 0 Å². The molecule has 372 valence electrons. The second-order valence-electron chi connectivity index (χ2n) is 16.6. The maximum atomic E-state index is 13.7. The Hall–Kier alpha value is -3.98. The molecule has 2 rings (SSSR count). The van der Waals surface area contributed by atoms with Crippen LogP contribution in [0.4, 0.5) is 0 Å². The number of rotatable bonds is 34. The van der Waals surface area contributed by atoms with Gasteiger partial charge in [0.05, 0.1) is 39.6 Å². The number of hydrogen-bond acceptors (Lipinski definition) is 14. The molecule has 0 aromatic heterocycles. The van der Waals surface area contributed by atoms with Gasteiger partial charge in [-0.3, -0.25) is 0 Å². The molecule has 0 radical (unpaired) electrons. The second-order valence-corrected chi connectivity index (χ2v) is 16.6. The van der Waals surface area contributed by atoms with Crippen molar-refractivity contribution >= 4 is 11.9 Å². The highest BCUT2D eigenvalue weighted by Crippen LogP contribution is 2.63. The predicted octanol–water partition coefficient (Wildman–Crippen LogP) is 10.8. The zero-order valence-electron chi connectivity index (χ0n) is 42.5. The van der Waals surface area contributed by atoms with Crippen LogP contribution in [0, 0.1) is 5.41 Å². The van der Waals surface area contributed by atoms with Crippen LogP contribution in [0.25, 0.3) is 0 Å². The molecule has 0 aliphatic heterocycles. The molecule has 0 spiro atoms. The van der Waals surface area contributed by atoms with E-state index in [1.807, 2.05) is 83.1 Å². The van der Waals surface area contributed by atoms with Crippen molar-refractivity contribution in [1.82, 2.24) is 0 Å². The van der Waals surface area contributed by atoms with E-state index in [4.69, 9.17) is 56.8 Å². The van der Waals surface area contributed by atoms with Crippen molar-refractivity contribution in [3.8, 4) is 0 Å². The fraction of sp³-hybridized carbons (Fsp3) is 0.725. The summed E-state index contributed by atoms with van der Waals surface area (Å²) in [7, 11) is 0. The lowest BCUT2D eigenvalue weighted by atomic mass is 9.55. The monoisotopic (exact) mass is 921 g/mol. The largest absolute Gasteiger partial charge is 0.491 e. The van der Waals surface area contributed by atoms with Crippen molar-refractivity contribution in [1.29, 1.82) is 0 Å². The molecular weight excluding hydrogens is 837 g/mol. The highest BCUT2D eigenvalue weighted by Gasteiger charge is 2.75. The summed E-state index contributed by atoms with van der Waals surface area (Å²) in [6.45, 7) is 36.5. The SMILES string of the molecule is C=C(C)C(=O)OC1=C(OCCC)C(OCCC)C(OCC)(C(C)(C)C2(OCC)C(OCCC)=C(OCCC)C(OC(=O)C(=C)C)=C(OCCC)C2OCCC)C(OCCC)=C1OCCC. The van der Waals surface area contributed by atoms with E-state index in [1.54, 1.807) is 13.8 Å². The van der Waals surface area contributed by atoms with Gasteiger partial charge in [-0.2, -0.15) is 0 Å². The molecule has 0 bridgehead atoms. The van der Waals surface area contributed by atoms with Gasteiger partial charge in [0.25, 0.3) is 0 Å². The van der Waals surface area contributed by atoms with Gasteiger partial charge in [-0.25, -0.2) is 9.59 Å². The van der Waals surface area contributed by atoms with Gasteiger partial charge in [0.2, 0.25) is 23.0 Å². The Kier molecular flexibility index (Phi) is 24.8. The smallest absolute Gasteiger partial charge is 0.338 e. The molecule has 0 aromatic carbocycles. The first kappa shape index (κ1) is 57.1. The van der Waals surface area contributed by atoms with Crippen LogP contribution in [0.1, 0.15) is 148 Å². The Labute approximate surface area is 391 Å². The van der Waals surface area contributed by atoms with E-state index < -0.39 is 40.8 Å². The molecule has 0 N–H and O–H groups in total. The molecule has 0 saturated carbocycles. The second kappa shape index (κ2) is 28.3. The quantitative estimate of drug-likeness (QED) is 0.0446. The highest BCUT2D eigenvalue weighted by molar-refractivity contribution is 5.88. The minimum Gasteiger partial charge on any atom is -0.491 e. The first-order valence-corrected chi connectivity index (χ1v) is 24.1. The predicted molar refractivity (Wildman–Crippen MR) is 250 cm³/mol. The van der Waals surface area contributed by atoms with Gasteiger partial charge in [0.1, 0.15) is 0 Å². The fourth-order valence-electron chi connectivity index (χ4n) is 7.75. The van der Waals surface area contributed by atoms with Crippen molar-refractivity contribution in [2.75, 3.05) is 66.1 Å². The lowest BCUT2D eigenvalue weighted by Crippen LogP contribution is -2.74. The average Bonchev–Trinajstić information content (AvgIpc) is 3.27. The summed E-state index contributed by atoms with van der Waals surface area (Å²) < 4.78 is 82.4. The van der Waals surface area contributed by atoms with E-state index in [0.717, 1.165) is 0 Å². The molecule has 0 saturated heterocycles. The molecule has 14 nitrogen and oxygen atoms in total. The molecule has 4 atom stereocenters. The van der Waals surface area contributed by atoms with Crippen molar-refractivity contribution in [3.05, 3.63) is 70.4 Å². The van der Waals surface area contributed by atoms with E-state index in [-0.39, 0.29) is 123 Å². The van der Waals surface area contributed by atoms with Crippen molar-refractivity contribution in [2.45, 2.75) is 172 Å². The lowest BCUT2D eigenvalue weighted by molar-refractivity contribution is -0.285. The molecule has 2 aliphatic carbocycles. The fourth-order valence-corrected chi connectivity index (χ4v) is 7.75. The summed E-state index contributed by atoms with van der Waals surface area (Å²) in [4.78, 5) is 27.4. The zero-order chi connectivity index (χ0) is 48.8. The molecule has 4 unspecified atom stereocenters. The summed E-state index contributed by atoms with van der Waals surface area (Å²) in [5.74, 6) is -0.483. The number of ether oxygens (including phenoxy) is 12. The van der Waals surface area contributed by atoms with Crippen LogP contribution < -0.4 is 0 Å². The number of esters is 2. The van der Waals surface area contributed by atoms with Gasteiger partial charge in [0, 0.05) is 43.0 Å². The third-order valence-corrected chi connectivity index (χ3v) is 10.6. The molecule has 0 aromatic rings. The van der Waals surface area contributed by atoms with Gasteiger partial charge in [-0.15, -0.1) is 0 Å². The maximum absolute atomic E-state index is 13.7. The van der Waals surface area contributed by atoms with Crippen LogP contribution in [0.2, 0.25) is 0 Å². The first-order valence-electron chi connectivity index (χ1n) is 24.1. The molecule has 14 heteroatoms. The summed E-state index contributed by atoms with van der Waals surface area (Å²) in [5.41, 5.74) is -4.77. The number of carbonyl (C=O) groups excluding carboxylic acids is 2. The third kappa shape index (κ3) is 12.7. The van der Waals surface area contributed by atoms with Gasteiger partial charge in [-0.05, 0) is 79.1 Å². The molecule has 0 amide bonds. The summed E-state index contributed by atoms with van der Waals surface area (Å²) in [6, 6.07) is 0. The van der Waals surface area contributed by atoms with E-state index >= 15 is 0 Å². The Morgan fingerprint density at radius 2 is 0.754 bits per heavy atom. The minimum absolute atomic E-state index is 0.00283. The van der Waals surface area contributed by atoms with Crippen LogP contribution in [-0.4, -0.2) is 101 Å². The Balaban J connectivity index is 3.71. The molecular formula is C51H84O14. The Bertz CT molecular complexity index is 1570. The Morgan fingerprint density at radius 3 is 1.03 bits per heavy atom. The van der Waals surface area contributed by atoms with Crippen LogP contribution >= 0.6 is 0 Å². The van der Waals surface area contributed by atoms with Gasteiger partial charge < -0.3 is 56.8 Å². The van der Waals surface area contributed by atoms with E-state index in [9.17, 15) is 9.59 Å². The van der Waals surface area contributed by atoms with E-state index in [1.165, 1.54) is 0 Å². The van der Waals surface area contributed by atoms with Gasteiger partial charge in [-0.1, -0.05) is 82.4 Å². The van der Waals surface area contributed by atoms with Crippen molar-refractivity contribution in [3.63, 3.8) is 0 Å². The number of hydrogen-bond donors (Lipinski definition) is 0. The van der Waals surface area contributed by atoms with Crippen molar-refractivity contribution in [2.24, 2.45) is 5.41 Å². The Morgan fingerprint density at radius 1 is 0.462 bits per heavy atom. The number of carbonyl (C=O) groups is 2. The van der Waals surface area contributed by atoms with E-state index in [0.29, 0.717) is 51.4 Å². The average molecular weight is 921 g/mol. The minimum atomic E-state index is -1.79. The maximum Gasteiger partial charge on any atom is 0.338 e. The molecule has 0 fully saturated rings. The third-order valence-electron chi connectivity index (χ3n) is 10.6. The first-order chi connectivity index (χ1) is 31.1. The normalized spacial score (nSPS) is 21.3. The highest BCUT2D eigenvalue weighted by atomic mass is 16.6. The standard InChI is InChI=1S/C51H84O14/c1-17-27-54-39-37(64-47(52)35(11)12)40(55-28-18-2)44(59-32-22-6)50(62-25-9,43(39)58-31-21-5)49(15,16)51(63-26-10)45(60-33-23-7)41(56-29-19-3)38(65-48(53)36(13)14)42(57-30-20-4)46(51)61-34-24-8/h43,45H,11,13,17-34H2,1-10,12,14-16H3.